The van der Waals surface area contributed by atoms with Gasteiger partial charge in [0.1, 0.15) is 0 Å². The predicted molar refractivity (Wildman–Crippen MR) is 94.9 cm³/mol. The third-order valence-corrected chi connectivity index (χ3v) is 6.69. The van der Waals surface area contributed by atoms with Crippen molar-refractivity contribution in [3.63, 3.8) is 0 Å². The van der Waals surface area contributed by atoms with E-state index in [1.165, 1.54) is 4.31 Å². The van der Waals surface area contributed by atoms with Crippen LogP contribution in [-0.4, -0.2) is 70.0 Å². The zero-order valence-electron chi connectivity index (χ0n) is 14.5. The van der Waals surface area contributed by atoms with E-state index in [9.17, 15) is 13.2 Å². The average Bonchev–Trinajstić information content (AvgIpc) is 2.63. The van der Waals surface area contributed by atoms with Gasteiger partial charge in [-0.3, -0.25) is 4.79 Å². The molecule has 0 saturated carbocycles. The van der Waals surface area contributed by atoms with E-state index in [4.69, 9.17) is 4.74 Å². The second-order valence-corrected chi connectivity index (χ2v) is 8.55. The van der Waals surface area contributed by atoms with Crippen molar-refractivity contribution in [2.24, 2.45) is 5.92 Å². The van der Waals surface area contributed by atoms with Gasteiger partial charge in [-0.05, 0) is 38.1 Å². The monoisotopic (exact) mass is 367 g/mol. The van der Waals surface area contributed by atoms with Gasteiger partial charge in [-0.25, -0.2) is 8.42 Å². The molecule has 0 aromatic heterocycles. The van der Waals surface area contributed by atoms with Gasteiger partial charge >= 0.3 is 0 Å². The number of hydrogen-bond donors (Lipinski definition) is 1. The van der Waals surface area contributed by atoms with Crippen molar-refractivity contribution in [2.75, 3.05) is 51.8 Å². The lowest BCUT2D eigenvalue weighted by molar-refractivity contribution is -0.122. The summed E-state index contributed by atoms with van der Waals surface area (Å²) in [6.07, 6.45) is 1.40. The van der Waals surface area contributed by atoms with Crippen molar-refractivity contribution in [2.45, 2.75) is 17.7 Å². The summed E-state index contributed by atoms with van der Waals surface area (Å²) in [7, 11) is -1.55. The molecule has 1 aromatic carbocycles. The second-order valence-electron chi connectivity index (χ2n) is 6.61. The number of nitrogens with zero attached hydrogens (tertiary/aromatic N) is 2. The smallest absolute Gasteiger partial charge is 0.243 e. The molecule has 0 aliphatic carbocycles. The molecule has 0 unspecified atom stereocenters. The van der Waals surface area contributed by atoms with Crippen molar-refractivity contribution < 1.29 is 17.9 Å². The summed E-state index contributed by atoms with van der Waals surface area (Å²) in [5.74, 6) is -0.149. The summed E-state index contributed by atoms with van der Waals surface area (Å²) in [5.41, 5.74) is 0.520. The normalized spacial score (nSPS) is 21.2. The van der Waals surface area contributed by atoms with Crippen molar-refractivity contribution in [3.8, 4) is 0 Å². The Labute approximate surface area is 149 Å². The third kappa shape index (κ3) is 4.38. The van der Waals surface area contributed by atoms with Crippen LogP contribution in [0, 0.1) is 5.92 Å². The van der Waals surface area contributed by atoms with Gasteiger partial charge in [0.2, 0.25) is 15.9 Å². The molecule has 0 spiro atoms. The summed E-state index contributed by atoms with van der Waals surface area (Å²) in [5, 5.41) is 2.85. The van der Waals surface area contributed by atoms with Crippen LogP contribution in [0.1, 0.15) is 12.8 Å². The minimum atomic E-state index is -3.53. The Morgan fingerprint density at radius 3 is 2.52 bits per heavy atom. The van der Waals surface area contributed by atoms with E-state index < -0.39 is 10.0 Å². The summed E-state index contributed by atoms with van der Waals surface area (Å²) in [6, 6.07) is 6.52. The molecule has 8 heteroatoms. The molecule has 0 radical (unpaired) electrons. The van der Waals surface area contributed by atoms with Crippen LogP contribution >= 0.6 is 0 Å². The molecule has 1 amide bonds. The molecule has 2 aliphatic rings. The van der Waals surface area contributed by atoms with E-state index in [1.807, 2.05) is 7.05 Å². The highest BCUT2D eigenvalue weighted by atomic mass is 32.2. The number of carbonyl (C=O) groups excluding carboxylic acids is 1. The Morgan fingerprint density at radius 2 is 1.84 bits per heavy atom. The number of amides is 1. The molecule has 7 nitrogen and oxygen atoms in total. The van der Waals surface area contributed by atoms with E-state index >= 15 is 0 Å². The molecule has 2 saturated heterocycles. The summed E-state index contributed by atoms with van der Waals surface area (Å²) < 4.78 is 32.4. The topological polar surface area (TPSA) is 79.0 Å². The molecular formula is C17H25N3O4S. The van der Waals surface area contributed by atoms with Crippen LogP contribution in [0.25, 0.3) is 0 Å². The van der Waals surface area contributed by atoms with Crippen LogP contribution in [-0.2, 0) is 19.6 Å². The van der Waals surface area contributed by atoms with Gasteiger partial charge in [-0.1, -0.05) is 6.07 Å². The largest absolute Gasteiger partial charge is 0.381 e. The molecule has 2 heterocycles. The number of likely N-dealkylation sites (N-methyl/N-ethyl adjacent to an activating group) is 1. The van der Waals surface area contributed by atoms with Gasteiger partial charge in [-0.2, -0.15) is 4.31 Å². The van der Waals surface area contributed by atoms with Crippen molar-refractivity contribution in [1.82, 2.24) is 9.21 Å². The minimum Gasteiger partial charge on any atom is -0.381 e. The van der Waals surface area contributed by atoms with Crippen LogP contribution < -0.4 is 5.32 Å². The maximum atomic E-state index is 12.8. The molecule has 0 bridgehead atoms. The van der Waals surface area contributed by atoms with Gasteiger partial charge in [-0.15, -0.1) is 0 Å². The number of carbonyl (C=O) groups is 1. The molecule has 1 N–H and O–H groups in total. The quantitative estimate of drug-likeness (QED) is 0.859. The van der Waals surface area contributed by atoms with E-state index in [-0.39, 0.29) is 16.7 Å². The lowest BCUT2D eigenvalue weighted by atomic mass is 9.99. The first kappa shape index (κ1) is 18.3. The number of benzene rings is 1. The molecule has 1 aromatic rings. The fraction of sp³-hybridized carbons (Fsp3) is 0.588. The van der Waals surface area contributed by atoms with Gasteiger partial charge in [0, 0.05) is 51.0 Å². The lowest BCUT2D eigenvalue weighted by Gasteiger charge is -2.31. The number of hydrogen-bond acceptors (Lipinski definition) is 5. The van der Waals surface area contributed by atoms with Crippen LogP contribution in [0.15, 0.2) is 29.2 Å². The standard InChI is InChI=1S/C17H25N3O4S/c1-19-7-9-20(10-8-19)25(22,23)16-4-2-3-15(13-16)18-17(21)14-5-11-24-12-6-14/h2-4,13-14H,5-12H2,1H3,(H,18,21). The lowest BCUT2D eigenvalue weighted by Crippen LogP contribution is -2.47. The maximum absolute atomic E-state index is 12.8. The van der Waals surface area contributed by atoms with E-state index in [1.54, 1.807) is 24.3 Å². The van der Waals surface area contributed by atoms with Gasteiger partial charge in [0.15, 0.2) is 0 Å². The second kappa shape index (κ2) is 7.82. The highest BCUT2D eigenvalue weighted by Gasteiger charge is 2.28. The summed E-state index contributed by atoms with van der Waals surface area (Å²) in [4.78, 5) is 14.7. The molecule has 25 heavy (non-hydrogen) atoms. The fourth-order valence-electron chi connectivity index (χ4n) is 3.12. The minimum absolute atomic E-state index is 0.0718. The number of nitrogens with one attached hydrogen (secondary N) is 1. The highest BCUT2D eigenvalue weighted by Crippen LogP contribution is 2.22. The van der Waals surface area contributed by atoms with Crippen LogP contribution in [0.4, 0.5) is 5.69 Å². The SMILES string of the molecule is CN1CCN(S(=O)(=O)c2cccc(NC(=O)C3CCOCC3)c2)CC1. The van der Waals surface area contributed by atoms with Gasteiger partial charge in [0.25, 0.3) is 0 Å². The van der Waals surface area contributed by atoms with Crippen LogP contribution in [0.2, 0.25) is 0 Å². The van der Waals surface area contributed by atoms with Crippen molar-refractivity contribution >= 4 is 21.6 Å². The van der Waals surface area contributed by atoms with E-state index in [0.717, 1.165) is 13.1 Å². The van der Waals surface area contributed by atoms with Gasteiger partial charge in [0.05, 0.1) is 4.90 Å². The Bertz CT molecular complexity index is 708. The molecule has 0 atom stereocenters. The first-order chi connectivity index (χ1) is 12.0. The molecular weight excluding hydrogens is 342 g/mol. The number of piperazine rings is 1. The number of anilines is 1. The third-order valence-electron chi connectivity index (χ3n) is 4.79. The zero-order chi connectivity index (χ0) is 17.9. The number of sulfonamides is 1. The Kier molecular flexibility index (Phi) is 5.73. The maximum Gasteiger partial charge on any atom is 0.243 e. The van der Waals surface area contributed by atoms with Crippen LogP contribution in [0.5, 0.6) is 0 Å². The summed E-state index contributed by atoms with van der Waals surface area (Å²) >= 11 is 0. The number of rotatable bonds is 4. The number of ether oxygens (including phenoxy) is 1. The Balaban J connectivity index is 1.71. The van der Waals surface area contributed by atoms with E-state index in [0.29, 0.717) is 44.8 Å². The van der Waals surface area contributed by atoms with Crippen molar-refractivity contribution in [3.05, 3.63) is 24.3 Å². The summed E-state index contributed by atoms with van der Waals surface area (Å²) in [6.45, 7) is 3.60. The average molecular weight is 367 g/mol. The molecule has 3 rings (SSSR count). The van der Waals surface area contributed by atoms with E-state index in [2.05, 4.69) is 10.2 Å². The Hall–Kier alpha value is -1.48. The molecule has 2 fully saturated rings. The van der Waals surface area contributed by atoms with Crippen molar-refractivity contribution in [1.29, 1.82) is 0 Å². The predicted octanol–water partition coefficient (Wildman–Crippen LogP) is 0.988. The fourth-order valence-corrected chi connectivity index (χ4v) is 4.58. The highest BCUT2D eigenvalue weighted by molar-refractivity contribution is 7.89. The first-order valence-corrected chi connectivity index (χ1v) is 10.1. The first-order valence-electron chi connectivity index (χ1n) is 8.64. The van der Waals surface area contributed by atoms with Gasteiger partial charge < -0.3 is 15.0 Å². The van der Waals surface area contributed by atoms with Crippen LogP contribution in [0.3, 0.4) is 0 Å². The molecule has 138 valence electrons. The Morgan fingerprint density at radius 1 is 1.16 bits per heavy atom. The zero-order valence-corrected chi connectivity index (χ0v) is 15.3. The molecule has 2 aliphatic heterocycles.